The summed E-state index contributed by atoms with van der Waals surface area (Å²) in [4.78, 5) is 3.54. The van der Waals surface area contributed by atoms with Crippen LogP contribution in [0.4, 0.5) is 0 Å². The molecule has 132 valence electrons. The molecule has 0 saturated heterocycles. The first kappa shape index (κ1) is 17.7. The topological polar surface area (TPSA) is 43.5 Å². The van der Waals surface area contributed by atoms with Crippen LogP contribution in [-0.2, 0) is 0 Å². The molecule has 0 amide bonds. The maximum atomic E-state index is 5.49. The summed E-state index contributed by atoms with van der Waals surface area (Å²) < 4.78 is 19.0. The first-order valence-corrected chi connectivity index (χ1v) is 9.77. The Morgan fingerprint density at radius 2 is 1.48 bits per heavy atom. The van der Waals surface area contributed by atoms with Crippen molar-refractivity contribution in [2.45, 2.75) is 20.8 Å². The van der Waals surface area contributed by atoms with Gasteiger partial charge in [0.05, 0.1) is 0 Å². The van der Waals surface area contributed by atoms with Crippen molar-refractivity contribution in [1.29, 1.82) is 0 Å². The third-order valence-corrected chi connectivity index (χ3v) is 6.72. The minimum absolute atomic E-state index is 0.120. The first-order valence-electron chi connectivity index (χ1n) is 8.05. The Balaban J connectivity index is 2.12. The van der Waals surface area contributed by atoms with Gasteiger partial charge in [-0.15, -0.1) is 0 Å². The molecule has 3 aromatic rings. The summed E-state index contributed by atoms with van der Waals surface area (Å²) in [6, 6.07) is 8.54. The molecule has 0 aliphatic rings. The number of hydrogen-bond donors (Lipinski definition) is 1. The molecular weight excluding hydrogens is 381 g/mol. The van der Waals surface area contributed by atoms with E-state index in [0.29, 0.717) is 17.2 Å². The van der Waals surface area contributed by atoms with Crippen LogP contribution in [0.25, 0.3) is 10.9 Å². The number of rotatable bonds is 5. The van der Waals surface area contributed by atoms with Crippen LogP contribution in [0.15, 0.2) is 24.3 Å². The van der Waals surface area contributed by atoms with Crippen molar-refractivity contribution in [3.05, 3.63) is 41.1 Å². The van der Waals surface area contributed by atoms with E-state index in [1.807, 2.05) is 12.1 Å². The van der Waals surface area contributed by atoms with Crippen LogP contribution in [-0.4, -0.2) is 41.3 Å². The zero-order chi connectivity index (χ0) is 18.1. The van der Waals surface area contributed by atoms with Gasteiger partial charge in [0.25, 0.3) is 0 Å². The third kappa shape index (κ3) is 3.22. The molecule has 0 aliphatic carbocycles. The number of hydrogen-bond acceptors (Lipinski definition) is 3. The molecule has 1 aromatic heterocycles. The number of aromatic nitrogens is 1. The van der Waals surface area contributed by atoms with Crippen LogP contribution in [0, 0.1) is 20.8 Å². The van der Waals surface area contributed by atoms with Crippen LogP contribution in [0.3, 0.4) is 0 Å². The van der Waals surface area contributed by atoms with Gasteiger partial charge >= 0.3 is 154 Å². The minimum atomic E-state index is 0.120. The molecule has 0 atom stereocenters. The van der Waals surface area contributed by atoms with E-state index in [1.54, 1.807) is 21.3 Å². The zero-order valence-electron chi connectivity index (χ0n) is 15.4. The van der Waals surface area contributed by atoms with Gasteiger partial charge in [-0.1, -0.05) is 0 Å². The number of H-pyrrole nitrogens is 1. The van der Waals surface area contributed by atoms with Crippen molar-refractivity contribution in [1.82, 2.24) is 4.98 Å². The van der Waals surface area contributed by atoms with Gasteiger partial charge in [0, 0.05) is 0 Å². The Morgan fingerprint density at radius 3 is 2.04 bits per heavy atom. The van der Waals surface area contributed by atoms with Gasteiger partial charge in [0.1, 0.15) is 0 Å². The van der Waals surface area contributed by atoms with Crippen molar-refractivity contribution >= 4 is 34.8 Å². The first-order chi connectivity index (χ1) is 12.0. The molecular formula is C20H23NO3Se. The summed E-state index contributed by atoms with van der Waals surface area (Å²) in [5.41, 5.74) is 5.01. The fraction of sp³-hybridized carbons (Fsp3) is 0.300. The van der Waals surface area contributed by atoms with E-state index in [-0.39, 0.29) is 15.0 Å². The molecule has 0 fully saturated rings. The molecule has 0 saturated carbocycles. The Morgan fingerprint density at radius 1 is 0.840 bits per heavy atom. The van der Waals surface area contributed by atoms with Gasteiger partial charge in [-0.25, -0.2) is 0 Å². The zero-order valence-corrected chi connectivity index (χ0v) is 17.2. The number of aryl methyl sites for hydroxylation is 3. The molecule has 4 nitrogen and oxygen atoms in total. The van der Waals surface area contributed by atoms with E-state index in [2.05, 4.69) is 37.9 Å². The molecule has 5 heteroatoms. The van der Waals surface area contributed by atoms with Gasteiger partial charge in [0.15, 0.2) is 0 Å². The van der Waals surface area contributed by atoms with Crippen LogP contribution in [0.2, 0.25) is 0 Å². The molecule has 1 heterocycles. The summed E-state index contributed by atoms with van der Waals surface area (Å²) >= 11 is 0.120. The second-order valence-electron chi connectivity index (χ2n) is 6.05. The fourth-order valence-electron chi connectivity index (χ4n) is 3.18. The van der Waals surface area contributed by atoms with E-state index in [9.17, 15) is 0 Å². The van der Waals surface area contributed by atoms with E-state index >= 15 is 0 Å². The second-order valence-corrected chi connectivity index (χ2v) is 8.32. The fourth-order valence-corrected chi connectivity index (χ4v) is 5.58. The van der Waals surface area contributed by atoms with Gasteiger partial charge in [-0.05, 0) is 0 Å². The van der Waals surface area contributed by atoms with E-state index in [4.69, 9.17) is 14.2 Å². The molecule has 0 unspecified atom stereocenters. The van der Waals surface area contributed by atoms with Crippen molar-refractivity contribution in [2.75, 3.05) is 21.3 Å². The average molecular weight is 404 g/mol. The number of benzene rings is 2. The molecule has 25 heavy (non-hydrogen) atoms. The molecule has 0 radical (unpaired) electrons. The molecule has 0 aliphatic heterocycles. The van der Waals surface area contributed by atoms with Crippen LogP contribution < -0.4 is 23.1 Å². The summed E-state index contributed by atoms with van der Waals surface area (Å²) in [5, 5.41) is 1.33. The number of fused-ring (bicyclic) bond motifs is 1. The quantitative estimate of drug-likeness (QED) is 0.666. The molecule has 2 aromatic carbocycles. The Bertz CT molecular complexity index is 905. The third-order valence-electron chi connectivity index (χ3n) is 4.23. The number of methoxy groups -OCH3 is 3. The molecule has 0 bridgehead atoms. The van der Waals surface area contributed by atoms with Gasteiger partial charge in [-0.2, -0.15) is 0 Å². The van der Waals surface area contributed by atoms with Crippen LogP contribution in [0.5, 0.6) is 17.2 Å². The summed E-state index contributed by atoms with van der Waals surface area (Å²) in [5.74, 6) is 2.03. The molecule has 1 N–H and O–H groups in total. The Kier molecular flexibility index (Phi) is 4.98. The summed E-state index contributed by atoms with van der Waals surface area (Å²) in [6.07, 6.45) is 0. The second kappa shape index (κ2) is 7.03. The number of ether oxygens (including phenoxy) is 3. The predicted molar refractivity (Wildman–Crippen MR) is 104 cm³/mol. The van der Waals surface area contributed by atoms with Crippen LogP contribution >= 0.6 is 0 Å². The van der Waals surface area contributed by atoms with E-state index in [0.717, 1.165) is 0 Å². The predicted octanol–water partition coefficient (Wildman–Crippen LogP) is 2.77. The normalized spacial score (nSPS) is 11.0. The maximum absolute atomic E-state index is 5.49. The molecule has 3 rings (SSSR count). The SMILES string of the molecule is COc1cc([Se]c2c(C)[nH]c3cc(C)cc(C)c23)cc(OC)c1OC. The van der Waals surface area contributed by atoms with Gasteiger partial charge < -0.3 is 0 Å². The standard InChI is InChI=1S/C20H23NO3Se/c1-11-7-12(2)18-15(8-11)21-13(3)20(18)25-14-9-16(22-4)19(24-6)17(10-14)23-5/h7-10,21H,1-6H3. The Labute approximate surface area is 154 Å². The van der Waals surface area contributed by atoms with Crippen LogP contribution in [0.1, 0.15) is 16.8 Å². The van der Waals surface area contributed by atoms with Crippen molar-refractivity contribution in [2.24, 2.45) is 0 Å². The van der Waals surface area contributed by atoms with Crippen molar-refractivity contribution in [3.63, 3.8) is 0 Å². The van der Waals surface area contributed by atoms with Gasteiger partial charge in [0.2, 0.25) is 0 Å². The summed E-state index contributed by atoms with van der Waals surface area (Å²) in [6.45, 7) is 6.45. The number of aromatic amines is 1. The average Bonchev–Trinajstić information content (AvgIpc) is 2.89. The van der Waals surface area contributed by atoms with E-state index < -0.39 is 0 Å². The van der Waals surface area contributed by atoms with Crippen molar-refractivity contribution in [3.8, 4) is 17.2 Å². The van der Waals surface area contributed by atoms with E-state index in [1.165, 1.54) is 36.6 Å². The number of nitrogens with one attached hydrogen (secondary N) is 1. The monoisotopic (exact) mass is 405 g/mol. The van der Waals surface area contributed by atoms with Gasteiger partial charge in [-0.3, -0.25) is 0 Å². The molecule has 0 spiro atoms. The summed E-state index contributed by atoms with van der Waals surface area (Å²) in [7, 11) is 4.93. The Hall–Kier alpha value is -2.10. The van der Waals surface area contributed by atoms with Crippen molar-refractivity contribution < 1.29 is 14.2 Å².